The molecular formula is C24H24F4N4O2. The molecule has 0 radical (unpaired) electrons. The Kier molecular flexibility index (Phi) is 6.09. The average Bonchev–Trinajstić information content (AvgIpc) is 2.76. The number of benzene rings is 2. The van der Waals surface area contributed by atoms with Crippen LogP contribution in [0.5, 0.6) is 0 Å². The highest BCUT2D eigenvalue weighted by Gasteiger charge is 2.35. The minimum atomic E-state index is -4.68. The zero-order valence-corrected chi connectivity index (χ0v) is 19.0. The van der Waals surface area contributed by atoms with Crippen LogP contribution in [0.1, 0.15) is 26.3 Å². The number of halogens is 4. The largest absolute Gasteiger partial charge is 0.444 e. The number of carbonyl (C=O) groups is 1. The number of hydrogen-bond acceptors (Lipinski definition) is 5. The number of ether oxygens (including phenoxy) is 1. The molecule has 1 aromatic heterocycles. The van der Waals surface area contributed by atoms with Crippen LogP contribution in [0.15, 0.2) is 42.6 Å². The third-order valence-corrected chi connectivity index (χ3v) is 5.39. The van der Waals surface area contributed by atoms with Gasteiger partial charge < -0.3 is 14.5 Å². The van der Waals surface area contributed by atoms with Gasteiger partial charge in [0, 0.05) is 43.3 Å². The number of amides is 1. The monoisotopic (exact) mass is 476 g/mol. The second-order valence-electron chi connectivity index (χ2n) is 9.06. The van der Waals surface area contributed by atoms with E-state index in [1.807, 2.05) is 4.90 Å². The fraction of sp³-hybridized carbons (Fsp3) is 0.375. The van der Waals surface area contributed by atoms with Gasteiger partial charge in [0.15, 0.2) is 0 Å². The topological polar surface area (TPSA) is 58.6 Å². The summed E-state index contributed by atoms with van der Waals surface area (Å²) in [6, 6.07) is 7.53. The summed E-state index contributed by atoms with van der Waals surface area (Å²) < 4.78 is 61.0. The molecule has 0 atom stereocenters. The molecule has 0 saturated carbocycles. The molecule has 2 aromatic carbocycles. The summed E-state index contributed by atoms with van der Waals surface area (Å²) in [4.78, 5) is 24.4. The van der Waals surface area contributed by atoms with Crippen molar-refractivity contribution in [2.75, 3.05) is 31.1 Å². The number of nitrogens with zero attached hydrogens (tertiary/aromatic N) is 4. The molecule has 0 bridgehead atoms. The highest BCUT2D eigenvalue weighted by molar-refractivity contribution is 5.87. The van der Waals surface area contributed by atoms with Crippen LogP contribution in [-0.2, 0) is 10.9 Å². The van der Waals surface area contributed by atoms with Gasteiger partial charge in [0.25, 0.3) is 0 Å². The lowest BCUT2D eigenvalue weighted by Gasteiger charge is -2.35. The minimum absolute atomic E-state index is 0.150. The quantitative estimate of drug-likeness (QED) is 0.457. The van der Waals surface area contributed by atoms with Crippen LogP contribution in [0.2, 0.25) is 0 Å². The van der Waals surface area contributed by atoms with Crippen LogP contribution < -0.4 is 4.90 Å². The van der Waals surface area contributed by atoms with Gasteiger partial charge in [0.1, 0.15) is 11.4 Å². The van der Waals surface area contributed by atoms with Gasteiger partial charge in [-0.05, 0) is 44.5 Å². The van der Waals surface area contributed by atoms with Crippen molar-refractivity contribution < 1.29 is 27.1 Å². The molecule has 1 fully saturated rings. The van der Waals surface area contributed by atoms with E-state index in [0.29, 0.717) is 32.1 Å². The number of hydrogen-bond donors (Lipinski definition) is 0. The van der Waals surface area contributed by atoms with Crippen LogP contribution in [0.25, 0.3) is 22.0 Å². The van der Waals surface area contributed by atoms with Crippen molar-refractivity contribution in [3.8, 4) is 11.1 Å². The van der Waals surface area contributed by atoms with Gasteiger partial charge in [0.2, 0.25) is 5.95 Å². The molecule has 3 aromatic rings. The molecule has 2 heterocycles. The number of piperazine rings is 1. The van der Waals surface area contributed by atoms with Gasteiger partial charge in [-0.25, -0.2) is 19.2 Å². The number of aromatic nitrogens is 2. The number of carbonyl (C=O) groups excluding carboxylic acids is 1. The van der Waals surface area contributed by atoms with Crippen molar-refractivity contribution in [3.63, 3.8) is 0 Å². The Morgan fingerprint density at radius 1 is 1.00 bits per heavy atom. The molecular weight excluding hydrogens is 452 g/mol. The lowest BCUT2D eigenvalue weighted by Crippen LogP contribution is -2.50. The molecule has 1 aliphatic heterocycles. The molecule has 0 spiro atoms. The standard InChI is InChI=1S/C24H24F4N4O2/c1-23(2,3)34-22(33)32-10-8-31(9-11-32)21-29-14-15-12-18(24(26,27)28)17(13-20(15)30-21)16-6-4-5-7-19(16)25/h4-7,12-14H,8-11H2,1-3H3. The lowest BCUT2D eigenvalue weighted by molar-refractivity contribution is -0.137. The van der Waals surface area contributed by atoms with Crippen LogP contribution in [0.3, 0.4) is 0 Å². The molecule has 6 nitrogen and oxygen atoms in total. The number of anilines is 1. The maximum Gasteiger partial charge on any atom is 0.417 e. The van der Waals surface area contributed by atoms with Crippen molar-refractivity contribution in [1.29, 1.82) is 0 Å². The van der Waals surface area contributed by atoms with Gasteiger partial charge in [-0.15, -0.1) is 0 Å². The third-order valence-electron chi connectivity index (χ3n) is 5.39. The molecule has 4 rings (SSSR count). The maximum atomic E-state index is 14.4. The van der Waals surface area contributed by atoms with E-state index in [1.165, 1.54) is 30.5 Å². The van der Waals surface area contributed by atoms with Crippen molar-refractivity contribution in [2.45, 2.75) is 32.5 Å². The lowest BCUT2D eigenvalue weighted by atomic mass is 9.97. The Hall–Kier alpha value is -3.43. The Bertz CT molecular complexity index is 1220. The van der Waals surface area contributed by atoms with Crippen LogP contribution >= 0.6 is 0 Å². The summed E-state index contributed by atoms with van der Waals surface area (Å²) in [5.74, 6) is -0.421. The minimum Gasteiger partial charge on any atom is -0.444 e. The van der Waals surface area contributed by atoms with Crippen LogP contribution in [-0.4, -0.2) is 52.7 Å². The van der Waals surface area contributed by atoms with Gasteiger partial charge in [0.05, 0.1) is 11.1 Å². The Balaban J connectivity index is 1.63. The predicted molar refractivity (Wildman–Crippen MR) is 120 cm³/mol. The normalized spacial score (nSPS) is 15.0. The summed E-state index contributed by atoms with van der Waals surface area (Å²) in [6.45, 7) is 7.04. The van der Waals surface area contributed by atoms with E-state index in [2.05, 4.69) is 9.97 Å². The maximum absolute atomic E-state index is 14.4. The second-order valence-corrected chi connectivity index (χ2v) is 9.06. The van der Waals surface area contributed by atoms with E-state index >= 15 is 0 Å². The van der Waals surface area contributed by atoms with Crippen molar-refractivity contribution in [2.24, 2.45) is 0 Å². The summed E-state index contributed by atoms with van der Waals surface area (Å²) in [5, 5.41) is 0.198. The average molecular weight is 476 g/mol. The van der Waals surface area contributed by atoms with E-state index < -0.39 is 29.3 Å². The van der Waals surface area contributed by atoms with E-state index in [4.69, 9.17) is 4.74 Å². The highest BCUT2D eigenvalue weighted by atomic mass is 19.4. The number of rotatable bonds is 2. The van der Waals surface area contributed by atoms with E-state index in [1.54, 1.807) is 25.7 Å². The van der Waals surface area contributed by atoms with Gasteiger partial charge >= 0.3 is 12.3 Å². The third kappa shape index (κ3) is 5.05. The molecule has 1 aliphatic rings. The Morgan fingerprint density at radius 3 is 2.29 bits per heavy atom. The SMILES string of the molecule is CC(C)(C)OC(=O)N1CCN(c2ncc3cc(C(F)(F)F)c(-c4ccccc4F)cc3n2)CC1. The summed E-state index contributed by atoms with van der Waals surface area (Å²) >= 11 is 0. The fourth-order valence-electron chi connectivity index (χ4n) is 3.77. The van der Waals surface area contributed by atoms with Gasteiger partial charge in [-0.3, -0.25) is 0 Å². The molecule has 180 valence electrons. The van der Waals surface area contributed by atoms with Gasteiger partial charge in [-0.1, -0.05) is 18.2 Å². The smallest absolute Gasteiger partial charge is 0.417 e. The van der Waals surface area contributed by atoms with E-state index in [9.17, 15) is 22.4 Å². The Labute approximate surface area is 194 Å². The predicted octanol–water partition coefficient (Wildman–Crippen LogP) is 5.51. The Morgan fingerprint density at radius 2 is 1.68 bits per heavy atom. The first-order valence-electron chi connectivity index (χ1n) is 10.8. The van der Waals surface area contributed by atoms with Crippen LogP contribution in [0.4, 0.5) is 28.3 Å². The van der Waals surface area contributed by atoms with Crippen molar-refractivity contribution in [3.05, 3.63) is 54.0 Å². The first-order valence-corrected chi connectivity index (χ1v) is 10.8. The first kappa shape index (κ1) is 23.7. The summed E-state index contributed by atoms with van der Waals surface area (Å²) in [6.07, 6.45) is -3.75. The molecule has 10 heteroatoms. The summed E-state index contributed by atoms with van der Waals surface area (Å²) in [7, 11) is 0. The molecule has 0 N–H and O–H groups in total. The number of fused-ring (bicyclic) bond motifs is 1. The molecule has 1 amide bonds. The van der Waals surface area contributed by atoms with E-state index in [0.717, 1.165) is 12.1 Å². The molecule has 0 aliphatic carbocycles. The van der Waals surface area contributed by atoms with E-state index in [-0.39, 0.29) is 22.0 Å². The van der Waals surface area contributed by atoms with Gasteiger partial charge in [-0.2, -0.15) is 13.2 Å². The van der Waals surface area contributed by atoms with Crippen LogP contribution in [0, 0.1) is 5.82 Å². The molecule has 0 unspecified atom stereocenters. The zero-order chi connectivity index (χ0) is 24.7. The highest BCUT2D eigenvalue weighted by Crippen LogP contribution is 2.40. The zero-order valence-electron chi connectivity index (χ0n) is 19.0. The molecule has 1 saturated heterocycles. The fourth-order valence-corrected chi connectivity index (χ4v) is 3.77. The number of alkyl halides is 3. The summed E-state index contributed by atoms with van der Waals surface area (Å²) in [5.41, 5.74) is -1.71. The first-order chi connectivity index (χ1) is 15.9. The van der Waals surface area contributed by atoms with Crippen molar-refractivity contribution >= 4 is 22.9 Å². The second kappa shape index (κ2) is 8.73. The molecule has 34 heavy (non-hydrogen) atoms. The van der Waals surface area contributed by atoms with Crippen molar-refractivity contribution in [1.82, 2.24) is 14.9 Å².